The summed E-state index contributed by atoms with van der Waals surface area (Å²) in [5.41, 5.74) is 0.713. The van der Waals surface area contributed by atoms with Crippen molar-refractivity contribution in [2.24, 2.45) is 11.8 Å². The molecule has 148 valence electrons. The minimum Gasteiger partial charge on any atom is -0.497 e. The normalized spacial score (nSPS) is 22.3. The number of methoxy groups -OCH3 is 2. The van der Waals surface area contributed by atoms with Crippen LogP contribution < -0.4 is 14.8 Å². The summed E-state index contributed by atoms with van der Waals surface area (Å²) in [7, 11) is 3.11. The first-order valence-electron chi connectivity index (χ1n) is 9.30. The molecule has 0 aliphatic heterocycles. The van der Waals surface area contributed by atoms with Gasteiger partial charge >= 0.3 is 5.97 Å². The number of nitrogens with one attached hydrogen (secondary N) is 1. The van der Waals surface area contributed by atoms with Crippen LogP contribution in [0.1, 0.15) is 38.7 Å². The molecule has 27 heavy (non-hydrogen) atoms. The maximum Gasteiger partial charge on any atom is 0.331 e. The molecule has 6 nitrogen and oxygen atoms in total. The third kappa shape index (κ3) is 6.01. The summed E-state index contributed by atoms with van der Waals surface area (Å²) in [6.45, 7) is 4.09. The van der Waals surface area contributed by atoms with Crippen LogP contribution in [-0.4, -0.2) is 38.7 Å². The molecule has 1 amide bonds. The second-order valence-corrected chi connectivity index (χ2v) is 6.99. The number of hydrogen-bond donors (Lipinski definition) is 1. The fourth-order valence-electron chi connectivity index (χ4n) is 3.33. The fourth-order valence-corrected chi connectivity index (χ4v) is 3.33. The van der Waals surface area contributed by atoms with Crippen molar-refractivity contribution < 1.29 is 23.8 Å². The molecule has 1 fully saturated rings. The fraction of sp³-hybridized carbons (Fsp3) is 0.524. The second kappa shape index (κ2) is 10.00. The molecule has 1 aromatic carbocycles. The van der Waals surface area contributed by atoms with Crippen molar-refractivity contribution in [3.05, 3.63) is 29.8 Å². The Balaban J connectivity index is 1.83. The van der Waals surface area contributed by atoms with E-state index in [0.717, 1.165) is 12.8 Å². The molecule has 0 heterocycles. The number of rotatable bonds is 7. The third-order valence-corrected chi connectivity index (χ3v) is 5.24. The van der Waals surface area contributed by atoms with E-state index in [1.807, 2.05) is 0 Å². The van der Waals surface area contributed by atoms with E-state index in [-0.39, 0.29) is 18.6 Å². The second-order valence-electron chi connectivity index (χ2n) is 6.99. The molecule has 1 aliphatic carbocycles. The molecule has 0 spiro atoms. The van der Waals surface area contributed by atoms with Crippen LogP contribution in [0.15, 0.2) is 24.3 Å². The molecule has 3 atom stereocenters. The number of amides is 1. The lowest BCUT2D eigenvalue weighted by atomic mass is 9.78. The molecule has 0 bridgehead atoms. The van der Waals surface area contributed by atoms with Gasteiger partial charge in [-0.05, 0) is 36.5 Å². The average Bonchev–Trinajstić information content (AvgIpc) is 2.68. The van der Waals surface area contributed by atoms with Crippen LogP contribution in [0.4, 0.5) is 0 Å². The van der Waals surface area contributed by atoms with Crippen molar-refractivity contribution in [2.45, 2.75) is 39.2 Å². The Morgan fingerprint density at radius 1 is 1.19 bits per heavy atom. The quantitative estimate of drug-likeness (QED) is 0.585. The molecular formula is C21H29NO5. The van der Waals surface area contributed by atoms with Crippen LogP contribution in [-0.2, 0) is 14.3 Å². The first-order valence-corrected chi connectivity index (χ1v) is 9.30. The zero-order valence-electron chi connectivity index (χ0n) is 16.5. The van der Waals surface area contributed by atoms with Gasteiger partial charge in [-0.2, -0.15) is 0 Å². The average molecular weight is 375 g/mol. The van der Waals surface area contributed by atoms with Gasteiger partial charge < -0.3 is 19.5 Å². The standard InChI is InChI=1S/C21H29NO5/c1-14-6-5-7-18(15(14)2)22-20(23)13-27-21(24)11-9-16-8-10-17(25-3)12-19(16)26-4/h8-12,14-15,18H,5-7,13H2,1-4H3,(H,22,23)/b11-9+/t14-,15+,18+/m0/s1. The zero-order chi connectivity index (χ0) is 19.8. The number of carbonyl (C=O) groups is 2. The number of esters is 1. The van der Waals surface area contributed by atoms with Gasteiger partial charge in [-0.25, -0.2) is 4.79 Å². The van der Waals surface area contributed by atoms with E-state index in [2.05, 4.69) is 19.2 Å². The van der Waals surface area contributed by atoms with Gasteiger partial charge in [0.15, 0.2) is 6.61 Å². The van der Waals surface area contributed by atoms with E-state index < -0.39 is 5.97 Å². The van der Waals surface area contributed by atoms with Gasteiger partial charge in [0.2, 0.25) is 0 Å². The smallest absolute Gasteiger partial charge is 0.331 e. The molecule has 0 unspecified atom stereocenters. The molecule has 1 saturated carbocycles. The van der Waals surface area contributed by atoms with Gasteiger partial charge in [0, 0.05) is 23.7 Å². The predicted molar refractivity (Wildman–Crippen MR) is 104 cm³/mol. The highest BCUT2D eigenvalue weighted by molar-refractivity contribution is 5.89. The van der Waals surface area contributed by atoms with Crippen molar-refractivity contribution in [2.75, 3.05) is 20.8 Å². The van der Waals surface area contributed by atoms with Gasteiger partial charge in [-0.15, -0.1) is 0 Å². The van der Waals surface area contributed by atoms with Gasteiger partial charge in [-0.1, -0.05) is 26.7 Å². The van der Waals surface area contributed by atoms with E-state index in [4.69, 9.17) is 14.2 Å². The summed E-state index contributed by atoms with van der Waals surface area (Å²) in [5, 5.41) is 2.98. The van der Waals surface area contributed by atoms with Crippen LogP contribution in [0, 0.1) is 11.8 Å². The van der Waals surface area contributed by atoms with Crippen LogP contribution in [0.3, 0.4) is 0 Å². The maximum absolute atomic E-state index is 12.1. The molecule has 1 aliphatic rings. The predicted octanol–water partition coefficient (Wildman–Crippen LogP) is 3.20. The van der Waals surface area contributed by atoms with Crippen molar-refractivity contribution in [1.29, 1.82) is 0 Å². The zero-order valence-corrected chi connectivity index (χ0v) is 16.5. The van der Waals surface area contributed by atoms with E-state index in [1.165, 1.54) is 12.5 Å². The molecule has 0 radical (unpaired) electrons. The first kappa shape index (κ1) is 20.8. The minimum absolute atomic E-state index is 0.152. The monoisotopic (exact) mass is 375 g/mol. The Labute approximate surface area is 160 Å². The van der Waals surface area contributed by atoms with E-state index >= 15 is 0 Å². The van der Waals surface area contributed by atoms with Gasteiger partial charge in [0.05, 0.1) is 14.2 Å². The van der Waals surface area contributed by atoms with Crippen molar-refractivity contribution in [1.82, 2.24) is 5.32 Å². The van der Waals surface area contributed by atoms with Crippen LogP contribution >= 0.6 is 0 Å². The number of benzene rings is 1. The maximum atomic E-state index is 12.1. The Bertz CT molecular complexity index is 685. The lowest BCUT2D eigenvalue weighted by Gasteiger charge is -2.34. The van der Waals surface area contributed by atoms with Gasteiger partial charge in [0.25, 0.3) is 5.91 Å². The first-order chi connectivity index (χ1) is 12.9. The van der Waals surface area contributed by atoms with Gasteiger partial charge in [-0.3, -0.25) is 4.79 Å². The van der Waals surface area contributed by atoms with Crippen LogP contribution in [0.25, 0.3) is 6.08 Å². The van der Waals surface area contributed by atoms with Gasteiger partial charge in [0.1, 0.15) is 11.5 Å². The Morgan fingerprint density at radius 2 is 1.96 bits per heavy atom. The molecule has 0 saturated heterocycles. The molecule has 2 rings (SSSR count). The number of hydrogen-bond acceptors (Lipinski definition) is 5. The summed E-state index contributed by atoms with van der Waals surface area (Å²) in [5.74, 6) is 1.43. The molecule has 1 N–H and O–H groups in total. The van der Waals surface area contributed by atoms with Crippen LogP contribution in [0.5, 0.6) is 11.5 Å². The van der Waals surface area contributed by atoms with E-state index in [1.54, 1.807) is 38.5 Å². The summed E-state index contributed by atoms with van der Waals surface area (Å²) < 4.78 is 15.5. The largest absolute Gasteiger partial charge is 0.497 e. The minimum atomic E-state index is -0.576. The molecule has 6 heteroatoms. The highest BCUT2D eigenvalue weighted by Crippen LogP contribution is 2.29. The SMILES string of the molecule is COc1ccc(/C=C/C(=O)OCC(=O)N[C@@H]2CCC[C@H](C)[C@H]2C)c(OC)c1. The lowest BCUT2D eigenvalue weighted by molar-refractivity contribution is -0.144. The Morgan fingerprint density at radius 3 is 2.67 bits per heavy atom. The Kier molecular flexibility index (Phi) is 7.70. The van der Waals surface area contributed by atoms with Crippen molar-refractivity contribution in [3.63, 3.8) is 0 Å². The third-order valence-electron chi connectivity index (χ3n) is 5.24. The summed E-state index contributed by atoms with van der Waals surface area (Å²) in [6, 6.07) is 5.43. The van der Waals surface area contributed by atoms with E-state index in [0.29, 0.717) is 28.9 Å². The van der Waals surface area contributed by atoms with E-state index in [9.17, 15) is 9.59 Å². The van der Waals surface area contributed by atoms with Crippen LogP contribution in [0.2, 0.25) is 0 Å². The summed E-state index contributed by atoms with van der Waals surface area (Å²) in [4.78, 5) is 24.0. The molecule has 0 aromatic heterocycles. The van der Waals surface area contributed by atoms with Crippen molar-refractivity contribution in [3.8, 4) is 11.5 Å². The highest BCUT2D eigenvalue weighted by Gasteiger charge is 2.28. The summed E-state index contributed by atoms with van der Waals surface area (Å²) in [6.07, 6.45) is 6.15. The van der Waals surface area contributed by atoms with Crippen molar-refractivity contribution >= 4 is 18.0 Å². The topological polar surface area (TPSA) is 73.9 Å². The Hall–Kier alpha value is -2.50. The number of carbonyl (C=O) groups excluding carboxylic acids is 2. The molecular weight excluding hydrogens is 346 g/mol. The lowest BCUT2D eigenvalue weighted by Crippen LogP contribution is -2.45. The molecule has 1 aromatic rings. The summed E-state index contributed by atoms with van der Waals surface area (Å²) >= 11 is 0. The highest BCUT2D eigenvalue weighted by atomic mass is 16.5. The number of ether oxygens (including phenoxy) is 3.